The van der Waals surface area contributed by atoms with E-state index in [-0.39, 0.29) is 18.1 Å². The molecule has 1 atom stereocenters. The van der Waals surface area contributed by atoms with E-state index in [1.807, 2.05) is 19.1 Å². The number of hydrogen-bond acceptors (Lipinski definition) is 4. The van der Waals surface area contributed by atoms with Crippen molar-refractivity contribution in [3.05, 3.63) is 29.8 Å². The molecule has 4 nitrogen and oxygen atoms in total. The molecule has 0 saturated carbocycles. The highest BCUT2D eigenvalue weighted by atomic mass is 16.7. The van der Waals surface area contributed by atoms with Gasteiger partial charge in [0.2, 0.25) is 0 Å². The molecule has 1 aromatic carbocycles. The number of nitrogens with one attached hydrogen (secondary N) is 1. The van der Waals surface area contributed by atoms with Crippen LogP contribution in [0.1, 0.15) is 18.5 Å². The van der Waals surface area contributed by atoms with Crippen molar-refractivity contribution in [3.8, 4) is 5.75 Å². The Morgan fingerprint density at radius 3 is 2.56 bits per heavy atom. The molecule has 1 aromatic rings. The summed E-state index contributed by atoms with van der Waals surface area (Å²) in [6.45, 7) is 2.63. The summed E-state index contributed by atoms with van der Waals surface area (Å²) in [6, 6.07) is 7.33. The van der Waals surface area contributed by atoms with E-state index in [9.17, 15) is 5.11 Å². The van der Waals surface area contributed by atoms with Gasteiger partial charge in [0.05, 0.1) is 0 Å². The maximum Gasteiger partial charge on any atom is 0.169 e. The third-order valence-corrected chi connectivity index (χ3v) is 2.49. The van der Waals surface area contributed by atoms with Crippen LogP contribution in [0.25, 0.3) is 0 Å². The summed E-state index contributed by atoms with van der Waals surface area (Å²) in [4.78, 5) is 0. The summed E-state index contributed by atoms with van der Waals surface area (Å²) in [7, 11) is 3.21. The lowest BCUT2D eigenvalue weighted by molar-refractivity contribution is -0.0997. The molecule has 0 aliphatic rings. The number of hydrogen-bond donors (Lipinski definition) is 2. The lowest BCUT2D eigenvalue weighted by Gasteiger charge is -2.19. The van der Waals surface area contributed by atoms with Crippen LogP contribution in [0.4, 0.5) is 0 Å². The lowest BCUT2D eigenvalue weighted by atomic mass is 10.1. The SMILES string of the molecule is COC(CNC(C)c1cccc(O)c1)OC. The second kappa shape index (κ2) is 6.48. The molecule has 0 fully saturated rings. The molecule has 0 aliphatic heterocycles. The zero-order valence-corrected chi connectivity index (χ0v) is 9.93. The standard InChI is InChI=1S/C12H19NO3/c1-9(13-8-12(15-2)16-3)10-5-4-6-11(14)7-10/h4-7,9,12-14H,8H2,1-3H3. The van der Waals surface area contributed by atoms with Crippen LogP contribution in [-0.4, -0.2) is 32.2 Å². The minimum absolute atomic E-state index is 0.139. The number of aromatic hydroxyl groups is 1. The third-order valence-electron chi connectivity index (χ3n) is 2.49. The van der Waals surface area contributed by atoms with Crippen molar-refractivity contribution in [1.82, 2.24) is 5.32 Å². The quantitative estimate of drug-likeness (QED) is 0.723. The maximum atomic E-state index is 9.35. The number of methoxy groups -OCH3 is 2. The molecule has 0 bridgehead atoms. The predicted octanol–water partition coefficient (Wildman–Crippen LogP) is 1.66. The highest BCUT2D eigenvalue weighted by Crippen LogP contribution is 2.17. The average molecular weight is 225 g/mol. The molecular formula is C12H19NO3. The van der Waals surface area contributed by atoms with Crippen molar-refractivity contribution in [2.45, 2.75) is 19.3 Å². The van der Waals surface area contributed by atoms with Gasteiger partial charge in [0.25, 0.3) is 0 Å². The van der Waals surface area contributed by atoms with Gasteiger partial charge in [-0.3, -0.25) is 0 Å². The minimum Gasteiger partial charge on any atom is -0.508 e. The van der Waals surface area contributed by atoms with E-state index in [2.05, 4.69) is 5.32 Å². The summed E-state index contributed by atoms with van der Waals surface area (Å²) in [5, 5.41) is 12.6. The second-order valence-corrected chi connectivity index (χ2v) is 3.63. The first-order chi connectivity index (χ1) is 7.67. The van der Waals surface area contributed by atoms with Crippen LogP contribution in [0.15, 0.2) is 24.3 Å². The van der Waals surface area contributed by atoms with Gasteiger partial charge < -0.3 is 19.9 Å². The van der Waals surface area contributed by atoms with Gasteiger partial charge in [0, 0.05) is 26.8 Å². The van der Waals surface area contributed by atoms with Gasteiger partial charge in [0.1, 0.15) is 5.75 Å². The molecular weight excluding hydrogens is 206 g/mol. The Bertz CT molecular complexity index is 313. The number of ether oxygens (including phenoxy) is 2. The van der Waals surface area contributed by atoms with Crippen molar-refractivity contribution >= 4 is 0 Å². The molecule has 1 unspecified atom stereocenters. The Hall–Kier alpha value is -1.10. The van der Waals surface area contributed by atoms with Crippen molar-refractivity contribution in [3.63, 3.8) is 0 Å². The van der Waals surface area contributed by atoms with Crippen molar-refractivity contribution in [1.29, 1.82) is 0 Å². The Balaban J connectivity index is 2.49. The zero-order valence-electron chi connectivity index (χ0n) is 9.93. The fraction of sp³-hybridized carbons (Fsp3) is 0.500. The maximum absolute atomic E-state index is 9.35. The van der Waals surface area contributed by atoms with E-state index < -0.39 is 0 Å². The lowest BCUT2D eigenvalue weighted by Crippen LogP contribution is -2.31. The van der Waals surface area contributed by atoms with Crippen LogP contribution in [0.5, 0.6) is 5.75 Å². The van der Waals surface area contributed by atoms with Gasteiger partial charge in [-0.05, 0) is 24.6 Å². The van der Waals surface area contributed by atoms with Gasteiger partial charge in [-0.15, -0.1) is 0 Å². The van der Waals surface area contributed by atoms with Gasteiger partial charge in [-0.25, -0.2) is 0 Å². The van der Waals surface area contributed by atoms with Crippen molar-refractivity contribution in [2.75, 3.05) is 20.8 Å². The van der Waals surface area contributed by atoms with Crippen molar-refractivity contribution in [2.24, 2.45) is 0 Å². The molecule has 0 saturated heterocycles. The predicted molar refractivity (Wildman–Crippen MR) is 62.3 cm³/mol. The van der Waals surface area contributed by atoms with Crippen LogP contribution in [0, 0.1) is 0 Å². The first kappa shape index (κ1) is 13.0. The molecule has 0 aromatic heterocycles. The molecule has 2 N–H and O–H groups in total. The molecule has 0 amide bonds. The Kier molecular flexibility index (Phi) is 5.25. The molecule has 4 heteroatoms. The molecule has 0 radical (unpaired) electrons. The highest BCUT2D eigenvalue weighted by Gasteiger charge is 2.09. The van der Waals surface area contributed by atoms with Gasteiger partial charge in [-0.1, -0.05) is 12.1 Å². The monoisotopic (exact) mass is 225 g/mol. The smallest absolute Gasteiger partial charge is 0.169 e. The fourth-order valence-corrected chi connectivity index (χ4v) is 1.45. The summed E-state index contributed by atoms with van der Waals surface area (Å²) in [6.07, 6.45) is -0.250. The van der Waals surface area contributed by atoms with Gasteiger partial charge in [0.15, 0.2) is 6.29 Å². The topological polar surface area (TPSA) is 50.7 Å². The molecule has 1 rings (SSSR count). The van der Waals surface area contributed by atoms with Crippen LogP contribution in [0.3, 0.4) is 0 Å². The average Bonchev–Trinajstić information content (AvgIpc) is 2.30. The zero-order chi connectivity index (χ0) is 12.0. The fourth-order valence-electron chi connectivity index (χ4n) is 1.45. The van der Waals surface area contributed by atoms with E-state index in [0.717, 1.165) is 5.56 Å². The molecule has 16 heavy (non-hydrogen) atoms. The molecule has 0 heterocycles. The van der Waals surface area contributed by atoms with E-state index >= 15 is 0 Å². The second-order valence-electron chi connectivity index (χ2n) is 3.63. The van der Waals surface area contributed by atoms with Crippen molar-refractivity contribution < 1.29 is 14.6 Å². The summed E-state index contributed by atoms with van der Waals surface area (Å²) in [5.74, 6) is 0.279. The van der Waals surface area contributed by atoms with E-state index in [0.29, 0.717) is 6.54 Å². The van der Waals surface area contributed by atoms with Crippen LogP contribution in [-0.2, 0) is 9.47 Å². The van der Waals surface area contributed by atoms with Gasteiger partial charge in [-0.2, -0.15) is 0 Å². The largest absolute Gasteiger partial charge is 0.508 e. The Morgan fingerprint density at radius 2 is 2.00 bits per heavy atom. The Labute approximate surface area is 96.2 Å². The van der Waals surface area contributed by atoms with Crippen LogP contribution < -0.4 is 5.32 Å². The number of benzene rings is 1. The van der Waals surface area contributed by atoms with Crippen LogP contribution in [0.2, 0.25) is 0 Å². The van der Waals surface area contributed by atoms with E-state index in [4.69, 9.17) is 9.47 Å². The Morgan fingerprint density at radius 1 is 1.31 bits per heavy atom. The number of phenols is 1. The number of phenolic OH excluding ortho intramolecular Hbond substituents is 1. The van der Waals surface area contributed by atoms with Gasteiger partial charge >= 0.3 is 0 Å². The van der Waals surface area contributed by atoms with E-state index in [1.54, 1.807) is 26.4 Å². The first-order valence-corrected chi connectivity index (χ1v) is 5.25. The molecule has 0 spiro atoms. The summed E-state index contributed by atoms with van der Waals surface area (Å²) < 4.78 is 10.2. The normalized spacial score (nSPS) is 13.0. The third kappa shape index (κ3) is 3.81. The molecule has 90 valence electrons. The highest BCUT2D eigenvalue weighted by molar-refractivity contribution is 5.28. The molecule has 0 aliphatic carbocycles. The van der Waals surface area contributed by atoms with E-state index in [1.165, 1.54) is 0 Å². The van der Waals surface area contributed by atoms with Crippen LogP contribution >= 0.6 is 0 Å². The number of rotatable bonds is 6. The first-order valence-electron chi connectivity index (χ1n) is 5.25. The minimum atomic E-state index is -0.250. The summed E-state index contributed by atoms with van der Waals surface area (Å²) >= 11 is 0. The summed E-state index contributed by atoms with van der Waals surface area (Å²) in [5.41, 5.74) is 1.03.